The monoisotopic (exact) mass is 372 g/mol. The first-order chi connectivity index (χ1) is 12.0. The smallest absolute Gasteiger partial charge is 0.271 e. The number of nitrogens with one attached hydrogen (secondary N) is 1. The number of thioether (sulfide) groups is 1. The van der Waals surface area contributed by atoms with Crippen LogP contribution >= 0.6 is 23.4 Å². The molecular formula is C18H13ClN2O3S. The van der Waals surface area contributed by atoms with Gasteiger partial charge < -0.3 is 5.32 Å². The van der Waals surface area contributed by atoms with E-state index >= 15 is 0 Å². The van der Waals surface area contributed by atoms with Gasteiger partial charge in [-0.3, -0.25) is 14.9 Å². The van der Waals surface area contributed by atoms with Gasteiger partial charge in [-0.1, -0.05) is 41.9 Å². The number of non-ortho nitro benzene ring substituents is 1. The maximum atomic E-state index is 12.1. The number of carbonyl (C=O) groups is 1. The molecule has 0 fully saturated rings. The van der Waals surface area contributed by atoms with Crippen molar-refractivity contribution >= 4 is 51.4 Å². The predicted octanol–water partition coefficient (Wildman–Crippen LogP) is 5.13. The average molecular weight is 373 g/mol. The van der Waals surface area contributed by atoms with E-state index in [9.17, 15) is 14.9 Å². The number of anilines is 1. The van der Waals surface area contributed by atoms with Gasteiger partial charge >= 0.3 is 0 Å². The van der Waals surface area contributed by atoms with Gasteiger partial charge in [-0.05, 0) is 29.0 Å². The Morgan fingerprint density at radius 3 is 2.56 bits per heavy atom. The van der Waals surface area contributed by atoms with Crippen LogP contribution in [-0.2, 0) is 4.79 Å². The summed E-state index contributed by atoms with van der Waals surface area (Å²) in [5.41, 5.74) is 0.241. The summed E-state index contributed by atoms with van der Waals surface area (Å²) in [5.74, 6) is -0.0139. The highest BCUT2D eigenvalue weighted by molar-refractivity contribution is 8.00. The van der Waals surface area contributed by atoms with Crippen molar-refractivity contribution in [1.29, 1.82) is 0 Å². The van der Waals surface area contributed by atoms with Crippen LogP contribution in [0.15, 0.2) is 65.6 Å². The summed E-state index contributed by atoms with van der Waals surface area (Å²) < 4.78 is 0. The molecule has 0 bridgehead atoms. The van der Waals surface area contributed by atoms with Gasteiger partial charge in [-0.25, -0.2) is 0 Å². The molecule has 0 aliphatic carbocycles. The molecule has 7 heteroatoms. The number of nitro benzene ring substituents is 1. The van der Waals surface area contributed by atoms with Crippen LogP contribution in [0.5, 0.6) is 0 Å². The molecule has 0 radical (unpaired) electrons. The molecule has 0 heterocycles. The standard InChI is InChI=1S/C18H13ClN2O3S/c19-16-10-14(21(23)24)6-8-17(16)20-18(22)11-25-15-7-5-12-3-1-2-4-13(12)9-15/h1-10H,11H2,(H,20,22). The predicted molar refractivity (Wildman–Crippen MR) is 101 cm³/mol. The molecule has 3 aromatic rings. The van der Waals surface area contributed by atoms with Gasteiger partial charge in [0.25, 0.3) is 5.69 Å². The lowest BCUT2D eigenvalue weighted by atomic mass is 10.1. The van der Waals surface area contributed by atoms with Crippen molar-refractivity contribution in [2.75, 3.05) is 11.1 Å². The molecule has 1 N–H and O–H groups in total. The molecule has 0 unspecified atom stereocenters. The van der Waals surface area contributed by atoms with Crippen LogP contribution in [0.4, 0.5) is 11.4 Å². The molecule has 0 atom stereocenters. The lowest BCUT2D eigenvalue weighted by Crippen LogP contribution is -2.14. The summed E-state index contributed by atoms with van der Waals surface area (Å²) in [5, 5.41) is 15.8. The van der Waals surface area contributed by atoms with E-state index in [4.69, 9.17) is 11.6 Å². The summed E-state index contributed by atoms with van der Waals surface area (Å²) >= 11 is 7.39. The molecule has 25 heavy (non-hydrogen) atoms. The third-order valence-electron chi connectivity index (χ3n) is 3.53. The Hall–Kier alpha value is -2.57. The van der Waals surface area contributed by atoms with Crippen LogP contribution < -0.4 is 5.32 Å². The Balaban J connectivity index is 1.63. The first-order valence-electron chi connectivity index (χ1n) is 7.38. The molecule has 0 aromatic heterocycles. The Bertz CT molecular complexity index is 962. The Morgan fingerprint density at radius 2 is 1.84 bits per heavy atom. The maximum absolute atomic E-state index is 12.1. The fourth-order valence-corrected chi connectivity index (χ4v) is 3.28. The summed E-state index contributed by atoms with van der Waals surface area (Å²) in [6.07, 6.45) is 0. The van der Waals surface area contributed by atoms with E-state index in [1.54, 1.807) is 0 Å². The van der Waals surface area contributed by atoms with E-state index < -0.39 is 4.92 Å². The average Bonchev–Trinajstić information content (AvgIpc) is 2.61. The summed E-state index contributed by atoms with van der Waals surface area (Å²) in [4.78, 5) is 23.2. The van der Waals surface area contributed by atoms with Crippen molar-refractivity contribution in [3.8, 4) is 0 Å². The van der Waals surface area contributed by atoms with Gasteiger partial charge in [0.15, 0.2) is 0 Å². The first kappa shape index (κ1) is 17.3. The number of nitrogens with zero attached hydrogens (tertiary/aromatic N) is 1. The van der Waals surface area contributed by atoms with E-state index in [1.807, 2.05) is 42.5 Å². The van der Waals surface area contributed by atoms with Gasteiger partial charge in [0.2, 0.25) is 5.91 Å². The number of carbonyl (C=O) groups excluding carboxylic acids is 1. The van der Waals surface area contributed by atoms with Crippen molar-refractivity contribution < 1.29 is 9.72 Å². The van der Waals surface area contributed by atoms with Crippen LogP contribution in [-0.4, -0.2) is 16.6 Å². The van der Waals surface area contributed by atoms with E-state index in [2.05, 4.69) is 5.32 Å². The fraction of sp³-hybridized carbons (Fsp3) is 0.0556. The molecule has 126 valence electrons. The zero-order valence-electron chi connectivity index (χ0n) is 12.9. The van der Waals surface area contributed by atoms with Gasteiger partial charge in [0.05, 0.1) is 21.4 Å². The molecular weight excluding hydrogens is 360 g/mol. The third kappa shape index (κ3) is 4.29. The first-order valence-corrected chi connectivity index (χ1v) is 8.75. The van der Waals surface area contributed by atoms with Crippen molar-refractivity contribution in [2.24, 2.45) is 0 Å². The van der Waals surface area contributed by atoms with E-state index in [0.29, 0.717) is 5.69 Å². The van der Waals surface area contributed by atoms with Crippen molar-refractivity contribution in [3.63, 3.8) is 0 Å². The second-order valence-electron chi connectivity index (χ2n) is 5.27. The number of halogens is 1. The second kappa shape index (κ2) is 7.55. The van der Waals surface area contributed by atoms with Crippen LogP contribution in [0, 0.1) is 10.1 Å². The van der Waals surface area contributed by atoms with Gasteiger partial charge in [-0.15, -0.1) is 11.8 Å². The highest BCUT2D eigenvalue weighted by Gasteiger charge is 2.12. The lowest BCUT2D eigenvalue weighted by molar-refractivity contribution is -0.384. The van der Waals surface area contributed by atoms with Crippen LogP contribution in [0.25, 0.3) is 10.8 Å². The molecule has 3 aromatic carbocycles. The zero-order chi connectivity index (χ0) is 17.8. The normalized spacial score (nSPS) is 10.6. The molecule has 3 rings (SSSR count). The fourth-order valence-electron chi connectivity index (χ4n) is 2.31. The number of rotatable bonds is 5. The SMILES string of the molecule is O=C(CSc1ccc2ccccc2c1)Nc1ccc([N+](=O)[O-])cc1Cl. The van der Waals surface area contributed by atoms with E-state index in [-0.39, 0.29) is 22.4 Å². The third-order valence-corrected chi connectivity index (χ3v) is 4.83. The number of hydrogen-bond donors (Lipinski definition) is 1. The number of hydrogen-bond acceptors (Lipinski definition) is 4. The number of benzene rings is 3. The molecule has 1 amide bonds. The Morgan fingerprint density at radius 1 is 1.08 bits per heavy atom. The van der Waals surface area contributed by atoms with Gasteiger partial charge in [0.1, 0.15) is 0 Å². The summed E-state index contributed by atoms with van der Waals surface area (Å²) in [6.45, 7) is 0. The van der Waals surface area contributed by atoms with Crippen LogP contribution in [0.1, 0.15) is 0 Å². The molecule has 0 spiro atoms. The summed E-state index contributed by atoms with van der Waals surface area (Å²) in [7, 11) is 0. The Kier molecular flexibility index (Phi) is 5.21. The highest BCUT2D eigenvalue weighted by Crippen LogP contribution is 2.27. The lowest BCUT2D eigenvalue weighted by Gasteiger charge is -2.07. The van der Waals surface area contributed by atoms with Gasteiger partial charge in [0, 0.05) is 17.0 Å². The van der Waals surface area contributed by atoms with Crippen molar-refractivity contribution in [3.05, 3.63) is 75.8 Å². The Labute approximate surface area is 153 Å². The van der Waals surface area contributed by atoms with E-state index in [1.165, 1.54) is 30.0 Å². The molecule has 0 saturated carbocycles. The highest BCUT2D eigenvalue weighted by atomic mass is 35.5. The van der Waals surface area contributed by atoms with E-state index in [0.717, 1.165) is 15.7 Å². The molecule has 0 aliphatic rings. The second-order valence-corrected chi connectivity index (χ2v) is 6.72. The maximum Gasteiger partial charge on any atom is 0.271 e. The van der Waals surface area contributed by atoms with Gasteiger partial charge in [-0.2, -0.15) is 0 Å². The van der Waals surface area contributed by atoms with Crippen molar-refractivity contribution in [2.45, 2.75) is 4.90 Å². The number of fused-ring (bicyclic) bond motifs is 1. The summed E-state index contributed by atoms with van der Waals surface area (Å²) in [6, 6.07) is 18.0. The van der Waals surface area contributed by atoms with Crippen LogP contribution in [0.2, 0.25) is 5.02 Å². The minimum absolute atomic E-state index is 0.117. The minimum atomic E-state index is -0.535. The number of nitro groups is 1. The molecule has 0 aliphatic heterocycles. The number of amides is 1. The minimum Gasteiger partial charge on any atom is -0.324 e. The molecule has 0 saturated heterocycles. The quantitative estimate of drug-likeness (QED) is 0.382. The van der Waals surface area contributed by atoms with Crippen molar-refractivity contribution in [1.82, 2.24) is 0 Å². The van der Waals surface area contributed by atoms with Crippen LogP contribution in [0.3, 0.4) is 0 Å². The topological polar surface area (TPSA) is 72.2 Å². The zero-order valence-corrected chi connectivity index (χ0v) is 14.5. The molecule has 5 nitrogen and oxygen atoms in total. The largest absolute Gasteiger partial charge is 0.324 e.